The van der Waals surface area contributed by atoms with Crippen molar-refractivity contribution in [3.8, 4) is 0 Å². The fourth-order valence-corrected chi connectivity index (χ4v) is 2.24. The summed E-state index contributed by atoms with van der Waals surface area (Å²) in [5.41, 5.74) is 0.100. The number of alkyl halides is 2. The quantitative estimate of drug-likeness (QED) is 0.839. The monoisotopic (exact) mass is 304 g/mol. The number of hydrogen-bond acceptors (Lipinski definition) is 5. The SMILES string of the molecule is CN1C(=O)COC1=Nc1cccc(S(=O)(=O)C(F)F)c1. The molecule has 9 heteroatoms. The number of halogens is 2. The molecule has 1 amide bonds. The van der Waals surface area contributed by atoms with Crippen LogP contribution in [0.25, 0.3) is 0 Å². The molecule has 1 heterocycles. The third-order valence-corrected chi connectivity index (χ3v) is 3.97. The van der Waals surface area contributed by atoms with Crippen molar-refractivity contribution in [2.75, 3.05) is 13.7 Å². The second kappa shape index (κ2) is 5.16. The van der Waals surface area contributed by atoms with Crippen LogP contribution in [0.2, 0.25) is 0 Å². The average Bonchev–Trinajstić information content (AvgIpc) is 2.71. The molecule has 0 N–H and O–H groups in total. The molecule has 1 aliphatic rings. The summed E-state index contributed by atoms with van der Waals surface area (Å²) in [6.07, 6.45) is 0. The average molecular weight is 304 g/mol. The number of rotatable bonds is 3. The highest BCUT2D eigenvalue weighted by atomic mass is 32.2. The molecule has 6 nitrogen and oxygen atoms in total. The van der Waals surface area contributed by atoms with Gasteiger partial charge in [0, 0.05) is 7.05 Å². The summed E-state index contributed by atoms with van der Waals surface area (Å²) >= 11 is 0. The van der Waals surface area contributed by atoms with Crippen molar-refractivity contribution in [2.24, 2.45) is 4.99 Å². The Kier molecular flexibility index (Phi) is 3.71. The van der Waals surface area contributed by atoms with Gasteiger partial charge in [-0.2, -0.15) is 13.8 Å². The Morgan fingerprint density at radius 1 is 1.40 bits per heavy atom. The summed E-state index contributed by atoms with van der Waals surface area (Å²) in [7, 11) is -3.24. The van der Waals surface area contributed by atoms with E-state index in [9.17, 15) is 22.0 Å². The summed E-state index contributed by atoms with van der Waals surface area (Å²) < 4.78 is 52.6. The number of amides is 1. The maximum absolute atomic E-state index is 12.4. The number of aliphatic imine (C=N–C) groups is 1. The van der Waals surface area contributed by atoms with E-state index in [0.29, 0.717) is 0 Å². The second-order valence-electron chi connectivity index (χ2n) is 3.94. The molecule has 0 saturated carbocycles. The van der Waals surface area contributed by atoms with Crippen LogP contribution in [-0.4, -0.2) is 44.7 Å². The van der Waals surface area contributed by atoms with Crippen molar-refractivity contribution in [2.45, 2.75) is 10.7 Å². The van der Waals surface area contributed by atoms with Crippen LogP contribution in [-0.2, 0) is 19.4 Å². The first kappa shape index (κ1) is 14.4. The molecule has 0 aromatic heterocycles. The first-order chi connectivity index (χ1) is 9.32. The van der Waals surface area contributed by atoms with E-state index in [0.717, 1.165) is 17.0 Å². The number of likely N-dealkylation sites (N-methyl/N-ethyl adjacent to an activating group) is 1. The zero-order valence-corrected chi connectivity index (χ0v) is 11.1. The predicted octanol–water partition coefficient (Wildman–Crippen LogP) is 1.16. The highest BCUT2D eigenvalue weighted by Crippen LogP contribution is 2.23. The standard InChI is InChI=1S/C11H10F2N2O4S/c1-15-9(16)6-19-11(15)14-7-3-2-4-8(5-7)20(17,18)10(12)13/h2-5,10H,6H2,1H3. The summed E-state index contributed by atoms with van der Waals surface area (Å²) in [4.78, 5) is 15.7. The van der Waals surface area contributed by atoms with Crippen molar-refractivity contribution in [1.29, 1.82) is 0 Å². The maximum atomic E-state index is 12.4. The largest absolute Gasteiger partial charge is 0.454 e. The predicted molar refractivity (Wildman–Crippen MR) is 65.4 cm³/mol. The summed E-state index contributed by atoms with van der Waals surface area (Å²) in [5, 5.41) is 0. The van der Waals surface area contributed by atoms with Gasteiger partial charge in [-0.1, -0.05) is 6.07 Å². The molecule has 1 aliphatic heterocycles. The number of benzene rings is 1. The second-order valence-corrected chi connectivity index (χ2v) is 5.86. The van der Waals surface area contributed by atoms with Crippen molar-refractivity contribution >= 4 is 27.5 Å². The van der Waals surface area contributed by atoms with Gasteiger partial charge in [-0.05, 0) is 18.2 Å². The fraction of sp³-hybridized carbons (Fsp3) is 0.273. The number of carbonyl (C=O) groups is 1. The number of ether oxygens (including phenoxy) is 1. The number of hydrogen-bond donors (Lipinski definition) is 0. The molecule has 2 rings (SSSR count). The Hall–Kier alpha value is -2.03. The van der Waals surface area contributed by atoms with Crippen molar-refractivity contribution < 1.29 is 26.7 Å². The highest BCUT2D eigenvalue weighted by Gasteiger charge is 2.28. The molecule has 1 saturated heterocycles. The smallest absolute Gasteiger partial charge is 0.341 e. The van der Waals surface area contributed by atoms with Crippen LogP contribution in [0.4, 0.5) is 14.5 Å². The van der Waals surface area contributed by atoms with E-state index in [2.05, 4.69) is 4.99 Å². The van der Waals surface area contributed by atoms with Gasteiger partial charge >= 0.3 is 5.76 Å². The zero-order valence-electron chi connectivity index (χ0n) is 10.3. The number of nitrogens with zero attached hydrogens (tertiary/aromatic N) is 2. The van der Waals surface area contributed by atoms with Gasteiger partial charge in [-0.3, -0.25) is 9.69 Å². The third-order valence-electron chi connectivity index (χ3n) is 2.59. The molecule has 1 aromatic carbocycles. The minimum atomic E-state index is -4.68. The lowest BCUT2D eigenvalue weighted by Gasteiger charge is -2.07. The first-order valence-electron chi connectivity index (χ1n) is 5.42. The lowest BCUT2D eigenvalue weighted by molar-refractivity contribution is -0.124. The van der Waals surface area contributed by atoms with Gasteiger partial charge in [-0.25, -0.2) is 8.42 Å². The van der Waals surface area contributed by atoms with Gasteiger partial charge in [0.1, 0.15) is 0 Å². The normalized spacial score (nSPS) is 17.9. The fourth-order valence-electron chi connectivity index (χ4n) is 1.48. The number of sulfone groups is 1. The van der Waals surface area contributed by atoms with Crippen LogP contribution in [0, 0.1) is 0 Å². The maximum Gasteiger partial charge on any atom is 0.341 e. The van der Waals surface area contributed by atoms with Crippen LogP contribution in [0.1, 0.15) is 0 Å². The van der Waals surface area contributed by atoms with E-state index in [1.807, 2.05) is 0 Å². The van der Waals surface area contributed by atoms with Crippen molar-refractivity contribution in [1.82, 2.24) is 4.90 Å². The van der Waals surface area contributed by atoms with Crippen LogP contribution in [0.3, 0.4) is 0 Å². The van der Waals surface area contributed by atoms with Gasteiger partial charge in [0.05, 0.1) is 10.6 Å². The first-order valence-corrected chi connectivity index (χ1v) is 6.97. The van der Waals surface area contributed by atoms with Gasteiger partial charge in [0.2, 0.25) is 9.84 Å². The molecule has 0 spiro atoms. The Bertz CT molecular complexity index is 673. The Morgan fingerprint density at radius 3 is 2.65 bits per heavy atom. The summed E-state index contributed by atoms with van der Waals surface area (Å²) in [6.45, 7) is -0.162. The van der Waals surface area contributed by atoms with Crippen molar-refractivity contribution in [3.05, 3.63) is 24.3 Å². The molecular weight excluding hydrogens is 294 g/mol. The molecule has 1 fully saturated rings. The lowest BCUT2D eigenvalue weighted by Crippen LogP contribution is -2.24. The van der Waals surface area contributed by atoms with E-state index in [1.165, 1.54) is 19.2 Å². The van der Waals surface area contributed by atoms with E-state index in [1.54, 1.807) is 0 Å². The van der Waals surface area contributed by atoms with Crippen LogP contribution >= 0.6 is 0 Å². The van der Waals surface area contributed by atoms with Gasteiger partial charge in [0.25, 0.3) is 11.9 Å². The van der Waals surface area contributed by atoms with Crippen LogP contribution in [0.15, 0.2) is 34.2 Å². The van der Waals surface area contributed by atoms with E-state index in [-0.39, 0.29) is 24.2 Å². The number of amidine groups is 1. The molecule has 0 bridgehead atoms. The minimum absolute atomic E-state index is 0.0124. The molecule has 0 atom stereocenters. The summed E-state index contributed by atoms with van der Waals surface area (Å²) in [5.74, 6) is -3.81. The Labute approximate surface area is 113 Å². The van der Waals surface area contributed by atoms with Gasteiger partial charge in [-0.15, -0.1) is 0 Å². The van der Waals surface area contributed by atoms with Gasteiger partial charge < -0.3 is 4.74 Å². The van der Waals surface area contributed by atoms with E-state index >= 15 is 0 Å². The number of carbonyl (C=O) groups excluding carboxylic acids is 1. The Balaban J connectivity index is 2.37. The lowest BCUT2D eigenvalue weighted by atomic mass is 10.3. The van der Waals surface area contributed by atoms with E-state index < -0.39 is 20.5 Å². The molecular formula is C11H10F2N2O4S. The molecule has 1 aromatic rings. The topological polar surface area (TPSA) is 76.0 Å². The molecule has 0 aliphatic carbocycles. The minimum Gasteiger partial charge on any atom is -0.454 e. The summed E-state index contributed by atoms with van der Waals surface area (Å²) in [6, 6.07) is 4.73. The Morgan fingerprint density at radius 2 is 2.10 bits per heavy atom. The van der Waals surface area contributed by atoms with E-state index in [4.69, 9.17) is 4.74 Å². The molecule has 108 valence electrons. The molecule has 20 heavy (non-hydrogen) atoms. The molecule has 0 unspecified atom stereocenters. The zero-order chi connectivity index (χ0) is 14.9. The molecule has 0 radical (unpaired) electrons. The van der Waals surface area contributed by atoms with Crippen molar-refractivity contribution in [3.63, 3.8) is 0 Å². The third kappa shape index (κ3) is 2.62. The van der Waals surface area contributed by atoms with Crippen LogP contribution in [0.5, 0.6) is 0 Å². The highest BCUT2D eigenvalue weighted by molar-refractivity contribution is 7.91. The van der Waals surface area contributed by atoms with Gasteiger partial charge in [0.15, 0.2) is 6.61 Å². The van der Waals surface area contributed by atoms with Crippen LogP contribution < -0.4 is 0 Å².